The Morgan fingerprint density at radius 2 is 1.79 bits per heavy atom. The van der Waals surface area contributed by atoms with Gasteiger partial charge in [0.15, 0.2) is 10.9 Å². The summed E-state index contributed by atoms with van der Waals surface area (Å²) < 4.78 is 0. The number of hydrogen-bond donors (Lipinski definition) is 3. The summed E-state index contributed by atoms with van der Waals surface area (Å²) in [5.74, 6) is -0.339. The first kappa shape index (κ1) is 24.2. The Kier molecular flexibility index (Phi) is 8.00. The summed E-state index contributed by atoms with van der Waals surface area (Å²) in [6.07, 6.45) is 0.854. The fourth-order valence-corrected chi connectivity index (χ4v) is 4.05. The number of aromatic nitrogens is 3. The Morgan fingerprint density at radius 1 is 1.03 bits per heavy atom. The van der Waals surface area contributed by atoms with Crippen LogP contribution in [0.4, 0.5) is 11.4 Å². The molecule has 0 bridgehead atoms. The summed E-state index contributed by atoms with van der Waals surface area (Å²) in [7, 11) is 0. The molecule has 2 amide bonds. The highest BCUT2D eigenvalue weighted by molar-refractivity contribution is 8.00. The number of amides is 2. The van der Waals surface area contributed by atoms with Gasteiger partial charge in [0.25, 0.3) is 5.56 Å². The number of nitrogens with zero attached hydrogens (tertiary/aromatic N) is 2. The van der Waals surface area contributed by atoms with Crippen molar-refractivity contribution in [2.75, 3.05) is 10.6 Å². The molecule has 8 nitrogen and oxygen atoms in total. The summed E-state index contributed by atoms with van der Waals surface area (Å²) >= 11 is 1.15. The molecule has 0 aliphatic carbocycles. The molecule has 1 aromatic heterocycles. The largest absolute Gasteiger partial charge is 0.325 e. The molecule has 0 aliphatic heterocycles. The zero-order valence-corrected chi connectivity index (χ0v) is 19.9. The number of rotatable bonds is 8. The highest BCUT2D eigenvalue weighted by atomic mass is 32.2. The Morgan fingerprint density at radius 3 is 2.45 bits per heavy atom. The molecule has 0 saturated carbocycles. The van der Waals surface area contributed by atoms with E-state index in [1.807, 2.05) is 39.0 Å². The first-order chi connectivity index (χ1) is 15.8. The highest BCUT2D eigenvalue weighted by Crippen LogP contribution is 2.26. The zero-order chi connectivity index (χ0) is 24.0. The molecule has 0 saturated heterocycles. The van der Waals surface area contributed by atoms with Gasteiger partial charge in [-0.05, 0) is 38.0 Å². The molecule has 3 rings (SSSR count). The standard InChI is InChI=1S/C24H27N5O3S/c1-5-19(22(31)26-17-12-11-14(3)13-15(17)4)33-24-27-23(32)21(28-29-24)16-9-7-8-10-18(16)25-20(30)6-2/h7-13,19H,5-6H2,1-4H3,(H,25,30)(H,26,31)(H,27,29,32). The van der Waals surface area contributed by atoms with Gasteiger partial charge in [0.05, 0.1) is 10.9 Å². The summed E-state index contributed by atoms with van der Waals surface area (Å²) in [4.78, 5) is 40.1. The molecule has 0 fully saturated rings. The second-order valence-electron chi connectivity index (χ2n) is 7.58. The molecule has 0 aliphatic rings. The number of benzene rings is 2. The van der Waals surface area contributed by atoms with Gasteiger partial charge in [0.1, 0.15) is 0 Å². The van der Waals surface area contributed by atoms with Crippen LogP contribution in [0.1, 0.15) is 37.8 Å². The van der Waals surface area contributed by atoms with E-state index < -0.39 is 10.8 Å². The lowest BCUT2D eigenvalue weighted by molar-refractivity contribution is -0.116. The van der Waals surface area contributed by atoms with Crippen LogP contribution < -0.4 is 16.2 Å². The molecule has 9 heteroatoms. The normalized spacial score (nSPS) is 11.6. The van der Waals surface area contributed by atoms with Gasteiger partial charge in [-0.25, -0.2) is 0 Å². The lowest BCUT2D eigenvalue weighted by atomic mass is 10.1. The number of para-hydroxylation sites is 1. The molecule has 1 unspecified atom stereocenters. The van der Waals surface area contributed by atoms with Crippen molar-refractivity contribution in [1.29, 1.82) is 0 Å². The molecule has 172 valence electrons. The smallest absolute Gasteiger partial charge is 0.278 e. The summed E-state index contributed by atoms with van der Waals surface area (Å²) in [6, 6.07) is 12.8. The second kappa shape index (κ2) is 10.9. The number of aromatic amines is 1. The average Bonchev–Trinajstić information content (AvgIpc) is 2.79. The number of nitrogens with one attached hydrogen (secondary N) is 3. The van der Waals surface area contributed by atoms with Crippen molar-refractivity contribution in [2.24, 2.45) is 0 Å². The number of thioether (sulfide) groups is 1. The molecular formula is C24H27N5O3S. The van der Waals surface area contributed by atoms with Crippen LogP contribution in [-0.4, -0.2) is 32.2 Å². The van der Waals surface area contributed by atoms with Crippen LogP contribution in [0.25, 0.3) is 11.3 Å². The monoisotopic (exact) mass is 465 g/mol. The van der Waals surface area contributed by atoms with Crippen LogP contribution in [0.15, 0.2) is 52.4 Å². The van der Waals surface area contributed by atoms with Crippen molar-refractivity contribution >= 4 is 35.0 Å². The van der Waals surface area contributed by atoms with E-state index in [-0.39, 0.29) is 22.7 Å². The quantitative estimate of drug-likeness (QED) is 0.427. The van der Waals surface area contributed by atoms with Crippen LogP contribution in [0.5, 0.6) is 0 Å². The lowest BCUT2D eigenvalue weighted by Gasteiger charge is -2.15. The van der Waals surface area contributed by atoms with Crippen LogP contribution >= 0.6 is 11.8 Å². The molecule has 3 N–H and O–H groups in total. The van der Waals surface area contributed by atoms with E-state index in [1.165, 1.54) is 0 Å². The summed E-state index contributed by atoms with van der Waals surface area (Å²) in [5.41, 5.74) is 3.47. The number of carbonyl (C=O) groups is 2. The van der Waals surface area contributed by atoms with E-state index >= 15 is 0 Å². The molecule has 1 atom stereocenters. The number of hydrogen-bond acceptors (Lipinski definition) is 6. The van der Waals surface area contributed by atoms with E-state index in [9.17, 15) is 14.4 Å². The Hall–Kier alpha value is -3.46. The highest BCUT2D eigenvalue weighted by Gasteiger charge is 2.21. The van der Waals surface area contributed by atoms with Crippen LogP contribution in [0.2, 0.25) is 0 Å². The molecular weight excluding hydrogens is 438 g/mol. The maximum absolute atomic E-state index is 12.8. The second-order valence-corrected chi connectivity index (χ2v) is 8.77. The minimum atomic E-state index is -0.461. The third kappa shape index (κ3) is 6.07. The third-order valence-corrected chi connectivity index (χ3v) is 6.25. The third-order valence-electron chi connectivity index (χ3n) is 5.01. The molecule has 33 heavy (non-hydrogen) atoms. The van der Waals surface area contributed by atoms with Gasteiger partial charge >= 0.3 is 0 Å². The van der Waals surface area contributed by atoms with Gasteiger partial charge in [0.2, 0.25) is 11.8 Å². The topological polar surface area (TPSA) is 117 Å². The zero-order valence-electron chi connectivity index (χ0n) is 19.1. The van der Waals surface area contributed by atoms with Gasteiger partial charge in [-0.3, -0.25) is 19.4 Å². The average molecular weight is 466 g/mol. The van der Waals surface area contributed by atoms with Crippen molar-refractivity contribution in [1.82, 2.24) is 15.2 Å². The molecule has 2 aromatic carbocycles. The number of aryl methyl sites for hydroxylation is 2. The number of anilines is 2. The van der Waals surface area contributed by atoms with Gasteiger partial charge < -0.3 is 10.6 Å². The van der Waals surface area contributed by atoms with Gasteiger partial charge in [-0.1, -0.05) is 61.5 Å². The fraction of sp³-hybridized carbons (Fsp3) is 0.292. The SMILES string of the molecule is CCC(=O)Nc1ccccc1-c1nnc(SC(CC)C(=O)Nc2ccc(C)cc2C)[nH]c1=O. The van der Waals surface area contributed by atoms with Crippen molar-refractivity contribution < 1.29 is 9.59 Å². The molecule has 0 radical (unpaired) electrons. The van der Waals surface area contributed by atoms with Crippen LogP contribution in [-0.2, 0) is 9.59 Å². The molecule has 0 spiro atoms. The van der Waals surface area contributed by atoms with E-state index in [4.69, 9.17) is 0 Å². The minimum Gasteiger partial charge on any atom is -0.325 e. The maximum atomic E-state index is 12.8. The van der Waals surface area contributed by atoms with Gasteiger partial charge in [0, 0.05) is 17.7 Å². The number of carbonyl (C=O) groups excluding carboxylic acids is 2. The van der Waals surface area contributed by atoms with Gasteiger partial charge in [-0.2, -0.15) is 0 Å². The molecule has 1 heterocycles. The lowest BCUT2D eigenvalue weighted by Crippen LogP contribution is -2.26. The fourth-order valence-electron chi connectivity index (χ4n) is 3.21. The van der Waals surface area contributed by atoms with Crippen molar-refractivity contribution in [3.63, 3.8) is 0 Å². The Labute approximate surface area is 196 Å². The van der Waals surface area contributed by atoms with E-state index in [0.717, 1.165) is 28.6 Å². The minimum absolute atomic E-state index is 0.0964. The Bertz CT molecular complexity index is 1220. The number of H-pyrrole nitrogens is 1. The van der Waals surface area contributed by atoms with Gasteiger partial charge in [-0.15, -0.1) is 10.2 Å². The first-order valence-corrected chi connectivity index (χ1v) is 11.6. The van der Waals surface area contributed by atoms with Crippen LogP contribution in [0.3, 0.4) is 0 Å². The van der Waals surface area contributed by atoms with E-state index in [2.05, 4.69) is 25.8 Å². The van der Waals surface area contributed by atoms with E-state index in [1.54, 1.807) is 31.2 Å². The van der Waals surface area contributed by atoms with Crippen molar-refractivity contribution in [3.05, 3.63) is 63.9 Å². The maximum Gasteiger partial charge on any atom is 0.278 e. The van der Waals surface area contributed by atoms with Crippen molar-refractivity contribution in [2.45, 2.75) is 50.9 Å². The predicted octanol–water partition coefficient (Wildman–Crippen LogP) is 4.31. The van der Waals surface area contributed by atoms with Crippen molar-refractivity contribution in [3.8, 4) is 11.3 Å². The first-order valence-electron chi connectivity index (χ1n) is 10.7. The predicted molar refractivity (Wildman–Crippen MR) is 131 cm³/mol. The Balaban J connectivity index is 1.79. The summed E-state index contributed by atoms with van der Waals surface area (Å²) in [5, 5.41) is 13.7. The summed E-state index contributed by atoms with van der Waals surface area (Å²) in [6.45, 7) is 7.58. The van der Waals surface area contributed by atoms with E-state index in [0.29, 0.717) is 24.1 Å². The molecule has 3 aromatic rings. The van der Waals surface area contributed by atoms with Crippen LogP contribution in [0, 0.1) is 13.8 Å².